The summed E-state index contributed by atoms with van der Waals surface area (Å²) in [6.45, 7) is 4.27. The number of aromatic nitrogens is 1. The van der Waals surface area contributed by atoms with Gasteiger partial charge in [0.1, 0.15) is 11.5 Å². The first-order valence-corrected chi connectivity index (χ1v) is 8.11. The topological polar surface area (TPSA) is 58.4 Å². The summed E-state index contributed by atoms with van der Waals surface area (Å²) < 4.78 is 5.53. The molecule has 0 saturated carbocycles. The summed E-state index contributed by atoms with van der Waals surface area (Å²) in [4.78, 5) is 18.2. The van der Waals surface area contributed by atoms with Crippen molar-refractivity contribution in [2.75, 3.05) is 12.4 Å². The van der Waals surface area contributed by atoms with Crippen molar-refractivity contribution < 1.29 is 9.21 Å². The molecule has 25 heavy (non-hydrogen) atoms. The van der Waals surface area contributed by atoms with Crippen LogP contribution in [0.3, 0.4) is 0 Å². The van der Waals surface area contributed by atoms with Gasteiger partial charge in [-0.1, -0.05) is 18.2 Å². The molecule has 0 atom stereocenters. The van der Waals surface area contributed by atoms with Gasteiger partial charge < -0.3 is 14.6 Å². The van der Waals surface area contributed by atoms with E-state index in [2.05, 4.69) is 10.3 Å². The van der Waals surface area contributed by atoms with Crippen LogP contribution in [-0.4, -0.2) is 23.0 Å². The van der Waals surface area contributed by atoms with Crippen LogP contribution in [0.4, 0.5) is 10.5 Å². The third-order valence-electron chi connectivity index (χ3n) is 4.01. The van der Waals surface area contributed by atoms with Crippen molar-refractivity contribution in [3.63, 3.8) is 0 Å². The smallest absolute Gasteiger partial charge is 0.322 e. The highest BCUT2D eigenvalue weighted by molar-refractivity contribution is 5.91. The van der Waals surface area contributed by atoms with E-state index in [0.29, 0.717) is 6.54 Å². The van der Waals surface area contributed by atoms with Crippen LogP contribution in [0, 0.1) is 13.8 Å². The zero-order valence-electron chi connectivity index (χ0n) is 14.6. The Morgan fingerprint density at radius 2 is 2.00 bits per heavy atom. The zero-order chi connectivity index (χ0) is 17.8. The van der Waals surface area contributed by atoms with Crippen molar-refractivity contribution in [3.8, 4) is 11.1 Å². The third kappa shape index (κ3) is 4.07. The average molecular weight is 335 g/mol. The van der Waals surface area contributed by atoms with Gasteiger partial charge in [0.15, 0.2) is 0 Å². The Bertz CT molecular complexity index is 872. The number of pyridine rings is 1. The molecule has 0 radical (unpaired) electrons. The summed E-state index contributed by atoms with van der Waals surface area (Å²) in [5.74, 6) is 1.60. The maximum Gasteiger partial charge on any atom is 0.322 e. The number of hydrogen-bond acceptors (Lipinski definition) is 3. The zero-order valence-corrected chi connectivity index (χ0v) is 14.6. The van der Waals surface area contributed by atoms with E-state index in [1.54, 1.807) is 18.1 Å². The Balaban J connectivity index is 1.74. The summed E-state index contributed by atoms with van der Waals surface area (Å²) in [6.07, 6.45) is 3.55. The lowest BCUT2D eigenvalue weighted by molar-refractivity contribution is 0.216. The molecule has 3 aromatic rings. The van der Waals surface area contributed by atoms with Crippen molar-refractivity contribution in [3.05, 3.63) is 71.9 Å². The Morgan fingerprint density at radius 1 is 1.16 bits per heavy atom. The number of carbonyl (C=O) groups excluding carboxylic acids is 1. The van der Waals surface area contributed by atoms with Crippen molar-refractivity contribution in [1.82, 2.24) is 9.88 Å². The van der Waals surface area contributed by atoms with E-state index < -0.39 is 0 Å². The molecular weight excluding hydrogens is 314 g/mol. The van der Waals surface area contributed by atoms with Crippen LogP contribution in [-0.2, 0) is 6.54 Å². The van der Waals surface area contributed by atoms with Crippen LogP contribution in [0.25, 0.3) is 11.1 Å². The molecule has 0 aliphatic carbocycles. The molecule has 5 heteroatoms. The number of nitrogens with zero attached hydrogens (tertiary/aromatic N) is 2. The Morgan fingerprint density at radius 3 is 2.68 bits per heavy atom. The normalized spacial score (nSPS) is 10.5. The second-order valence-corrected chi connectivity index (χ2v) is 6.07. The van der Waals surface area contributed by atoms with Crippen LogP contribution in [0.2, 0.25) is 0 Å². The third-order valence-corrected chi connectivity index (χ3v) is 4.01. The Kier molecular flexibility index (Phi) is 4.84. The number of urea groups is 1. The summed E-state index contributed by atoms with van der Waals surface area (Å²) >= 11 is 0. The molecule has 0 bridgehead atoms. The first-order valence-electron chi connectivity index (χ1n) is 8.11. The summed E-state index contributed by atoms with van der Waals surface area (Å²) in [6, 6.07) is 13.5. The van der Waals surface area contributed by atoms with Gasteiger partial charge >= 0.3 is 6.03 Å². The molecule has 0 saturated heterocycles. The van der Waals surface area contributed by atoms with E-state index >= 15 is 0 Å². The van der Waals surface area contributed by atoms with Gasteiger partial charge in [0.2, 0.25) is 0 Å². The van der Waals surface area contributed by atoms with Gasteiger partial charge in [0.25, 0.3) is 0 Å². The second kappa shape index (κ2) is 7.21. The highest BCUT2D eigenvalue weighted by Crippen LogP contribution is 2.25. The second-order valence-electron chi connectivity index (χ2n) is 6.07. The largest absolute Gasteiger partial charge is 0.464 e. The quantitative estimate of drug-likeness (QED) is 0.756. The fraction of sp³-hybridized carbons (Fsp3) is 0.200. The van der Waals surface area contributed by atoms with E-state index in [1.807, 2.05) is 62.5 Å². The van der Waals surface area contributed by atoms with E-state index in [1.165, 1.54) is 0 Å². The molecule has 5 nitrogen and oxygen atoms in total. The van der Waals surface area contributed by atoms with Crippen LogP contribution in [0.15, 0.2) is 59.3 Å². The maximum atomic E-state index is 12.5. The molecule has 0 aliphatic rings. The minimum absolute atomic E-state index is 0.180. The number of benzene rings is 1. The predicted octanol–water partition coefficient (Wildman–Crippen LogP) is 4.62. The molecule has 0 unspecified atom stereocenters. The van der Waals surface area contributed by atoms with E-state index in [0.717, 1.165) is 33.9 Å². The molecule has 2 heterocycles. The molecule has 2 aromatic heterocycles. The maximum absolute atomic E-state index is 12.5. The molecule has 1 aromatic carbocycles. The molecule has 3 rings (SSSR count). The van der Waals surface area contributed by atoms with Gasteiger partial charge in [0.05, 0.1) is 6.54 Å². The van der Waals surface area contributed by atoms with Gasteiger partial charge in [-0.15, -0.1) is 0 Å². The molecule has 128 valence electrons. The lowest BCUT2D eigenvalue weighted by Gasteiger charge is -2.18. The molecule has 0 aliphatic heterocycles. The minimum Gasteiger partial charge on any atom is -0.464 e. The molecule has 2 amide bonds. The number of nitrogens with one attached hydrogen (secondary N) is 1. The highest BCUT2D eigenvalue weighted by atomic mass is 16.3. The molecule has 1 N–H and O–H groups in total. The Hall–Kier alpha value is -3.08. The van der Waals surface area contributed by atoms with Crippen LogP contribution >= 0.6 is 0 Å². The van der Waals surface area contributed by atoms with Gasteiger partial charge in [-0.2, -0.15) is 0 Å². The SMILES string of the molecule is Cc1ccc(CN(C)C(=O)Nc2cc(-c3cccnc3)ccc2C)o1. The average Bonchev–Trinajstić information content (AvgIpc) is 3.02. The van der Waals surface area contributed by atoms with Gasteiger partial charge in [-0.05, 0) is 49.2 Å². The standard InChI is InChI=1S/C20H21N3O2/c1-14-6-8-16(17-5-4-10-21-12-17)11-19(14)22-20(24)23(3)13-18-9-7-15(2)25-18/h4-12H,13H2,1-3H3,(H,22,24). The molecular formula is C20H21N3O2. The highest BCUT2D eigenvalue weighted by Gasteiger charge is 2.13. The number of amides is 2. The number of hydrogen-bond donors (Lipinski definition) is 1. The first-order chi connectivity index (χ1) is 12.0. The fourth-order valence-electron chi connectivity index (χ4n) is 2.56. The van der Waals surface area contributed by atoms with E-state index in [9.17, 15) is 4.79 Å². The lowest BCUT2D eigenvalue weighted by Crippen LogP contribution is -2.30. The first kappa shape index (κ1) is 16.8. The number of aryl methyl sites for hydroxylation is 2. The minimum atomic E-state index is -0.180. The van der Waals surface area contributed by atoms with Gasteiger partial charge in [0, 0.05) is 30.7 Å². The van der Waals surface area contributed by atoms with Crippen molar-refractivity contribution >= 4 is 11.7 Å². The van der Waals surface area contributed by atoms with Crippen molar-refractivity contribution in [1.29, 1.82) is 0 Å². The van der Waals surface area contributed by atoms with Crippen LogP contribution < -0.4 is 5.32 Å². The van der Waals surface area contributed by atoms with E-state index in [4.69, 9.17) is 4.42 Å². The van der Waals surface area contributed by atoms with E-state index in [-0.39, 0.29) is 6.03 Å². The van der Waals surface area contributed by atoms with Gasteiger partial charge in [-0.25, -0.2) is 4.79 Å². The van der Waals surface area contributed by atoms with Crippen molar-refractivity contribution in [2.45, 2.75) is 20.4 Å². The number of rotatable bonds is 4. The van der Waals surface area contributed by atoms with Gasteiger partial charge in [-0.3, -0.25) is 4.98 Å². The predicted molar refractivity (Wildman–Crippen MR) is 98.3 cm³/mol. The Labute approximate surface area is 147 Å². The van der Waals surface area contributed by atoms with Crippen LogP contribution in [0.5, 0.6) is 0 Å². The number of anilines is 1. The molecule has 0 fully saturated rings. The number of furan rings is 1. The molecule has 0 spiro atoms. The summed E-state index contributed by atoms with van der Waals surface area (Å²) in [5, 5.41) is 2.97. The van der Waals surface area contributed by atoms with Crippen LogP contribution in [0.1, 0.15) is 17.1 Å². The number of carbonyl (C=O) groups is 1. The summed E-state index contributed by atoms with van der Waals surface area (Å²) in [7, 11) is 1.74. The van der Waals surface area contributed by atoms with Crippen molar-refractivity contribution in [2.24, 2.45) is 0 Å². The fourth-order valence-corrected chi connectivity index (χ4v) is 2.56. The monoisotopic (exact) mass is 335 g/mol. The summed E-state index contributed by atoms with van der Waals surface area (Å²) in [5.41, 5.74) is 3.81. The lowest BCUT2D eigenvalue weighted by atomic mass is 10.0.